The first-order valence-electron chi connectivity index (χ1n) is 5.87. The normalized spacial score (nSPS) is 10.2. The number of nitrogens with zero attached hydrogens (tertiary/aromatic N) is 1. The minimum absolute atomic E-state index is 0.00110. The molecular weight excluding hydrogens is 278 g/mol. The number of carbonyl (C=O) groups excluding carboxylic acids is 1. The fraction of sp³-hybridized carbons (Fsp3) is 0.286. The van der Waals surface area contributed by atoms with Gasteiger partial charge >= 0.3 is 0 Å². The molecule has 0 saturated carbocycles. The number of aromatic nitrogens is 1. The Morgan fingerprint density at radius 1 is 1.10 bits per heavy atom. The van der Waals surface area contributed by atoms with Gasteiger partial charge in [-0.2, -0.15) is 0 Å². The predicted molar refractivity (Wildman–Crippen MR) is 77.2 cm³/mol. The van der Waals surface area contributed by atoms with Crippen molar-refractivity contribution in [2.24, 2.45) is 0 Å². The van der Waals surface area contributed by atoms with Crippen LogP contribution in [0.3, 0.4) is 0 Å². The van der Waals surface area contributed by atoms with Gasteiger partial charge in [-0.15, -0.1) is 11.3 Å². The van der Waals surface area contributed by atoms with E-state index in [9.17, 15) is 4.79 Å². The van der Waals surface area contributed by atoms with Crippen molar-refractivity contribution in [3.05, 3.63) is 23.2 Å². The molecule has 2 aromatic rings. The minimum atomic E-state index is 0.00110. The number of hydrogen-bond donors (Lipinski definition) is 0. The molecule has 0 spiro atoms. The number of hydrogen-bond acceptors (Lipinski definition) is 6. The second-order valence-corrected chi connectivity index (χ2v) is 5.03. The molecule has 0 saturated heterocycles. The molecule has 0 atom stereocenters. The highest BCUT2D eigenvalue weighted by molar-refractivity contribution is 7.16. The number of methoxy groups -OCH3 is 3. The maximum Gasteiger partial charge on any atom is 0.203 e. The molecule has 20 heavy (non-hydrogen) atoms. The predicted octanol–water partition coefficient (Wildman–Crippen LogP) is 3.04. The van der Waals surface area contributed by atoms with E-state index in [2.05, 4.69) is 4.98 Å². The van der Waals surface area contributed by atoms with E-state index in [0.29, 0.717) is 22.1 Å². The van der Waals surface area contributed by atoms with Crippen LogP contribution in [-0.4, -0.2) is 32.1 Å². The van der Waals surface area contributed by atoms with E-state index in [0.717, 1.165) is 10.6 Å². The number of benzene rings is 1. The Balaban J connectivity index is 2.53. The van der Waals surface area contributed by atoms with Gasteiger partial charge in [0.1, 0.15) is 5.01 Å². The molecule has 0 aliphatic heterocycles. The lowest BCUT2D eigenvalue weighted by atomic mass is 10.2. The van der Waals surface area contributed by atoms with E-state index in [-0.39, 0.29) is 5.78 Å². The molecule has 106 valence electrons. The third-order valence-corrected chi connectivity index (χ3v) is 3.91. The van der Waals surface area contributed by atoms with Crippen LogP contribution in [0.5, 0.6) is 17.2 Å². The second-order valence-electron chi connectivity index (χ2n) is 4.00. The van der Waals surface area contributed by atoms with Gasteiger partial charge in [-0.3, -0.25) is 4.79 Å². The molecule has 0 amide bonds. The third kappa shape index (κ3) is 2.60. The standard InChI is InChI=1S/C14H15NO4S/c1-8(16)12-7-15-14(20-12)9-5-10(17-2)13(19-4)11(6-9)18-3/h5-7H,1-4H3. The van der Waals surface area contributed by atoms with Crippen LogP contribution in [0.1, 0.15) is 16.6 Å². The third-order valence-electron chi connectivity index (χ3n) is 2.76. The molecule has 0 fully saturated rings. The molecule has 1 aromatic heterocycles. The Bertz CT molecular complexity index is 611. The van der Waals surface area contributed by atoms with Gasteiger partial charge in [0.25, 0.3) is 0 Å². The number of Topliss-reactive ketones (excluding diaryl/α,β-unsaturated/α-hetero) is 1. The lowest BCUT2D eigenvalue weighted by Gasteiger charge is -2.13. The Morgan fingerprint density at radius 2 is 1.70 bits per heavy atom. The van der Waals surface area contributed by atoms with Gasteiger partial charge in [-0.25, -0.2) is 4.98 Å². The maximum absolute atomic E-state index is 11.3. The summed E-state index contributed by atoms with van der Waals surface area (Å²) in [4.78, 5) is 16.2. The van der Waals surface area contributed by atoms with Crippen LogP contribution in [0.4, 0.5) is 0 Å². The van der Waals surface area contributed by atoms with Crippen LogP contribution >= 0.6 is 11.3 Å². The van der Waals surface area contributed by atoms with Gasteiger partial charge in [0.15, 0.2) is 17.3 Å². The summed E-state index contributed by atoms with van der Waals surface area (Å²) in [7, 11) is 4.67. The molecule has 6 heteroatoms. The first-order valence-corrected chi connectivity index (χ1v) is 6.69. The highest BCUT2D eigenvalue weighted by Crippen LogP contribution is 2.41. The zero-order valence-corrected chi connectivity index (χ0v) is 12.5. The Kier molecular flexibility index (Phi) is 4.24. The summed E-state index contributed by atoms with van der Waals surface area (Å²) in [6, 6.07) is 3.62. The lowest BCUT2D eigenvalue weighted by molar-refractivity contribution is 0.102. The van der Waals surface area contributed by atoms with Gasteiger partial charge in [-0.1, -0.05) is 0 Å². The largest absolute Gasteiger partial charge is 0.493 e. The number of carbonyl (C=O) groups is 1. The molecule has 1 aromatic carbocycles. The topological polar surface area (TPSA) is 57.7 Å². The summed E-state index contributed by atoms with van der Waals surface area (Å²) in [6.07, 6.45) is 1.57. The summed E-state index contributed by atoms with van der Waals surface area (Å²) in [5.74, 6) is 1.64. The lowest BCUT2D eigenvalue weighted by Crippen LogP contribution is -1.95. The molecule has 0 N–H and O–H groups in total. The van der Waals surface area contributed by atoms with Crippen molar-refractivity contribution in [3.8, 4) is 27.8 Å². The highest BCUT2D eigenvalue weighted by Gasteiger charge is 2.16. The first kappa shape index (κ1) is 14.3. The van der Waals surface area contributed by atoms with Crippen molar-refractivity contribution < 1.29 is 19.0 Å². The van der Waals surface area contributed by atoms with E-state index in [4.69, 9.17) is 14.2 Å². The molecule has 5 nitrogen and oxygen atoms in total. The summed E-state index contributed by atoms with van der Waals surface area (Å²) >= 11 is 1.33. The highest BCUT2D eigenvalue weighted by atomic mass is 32.1. The van der Waals surface area contributed by atoms with Crippen molar-refractivity contribution in [3.63, 3.8) is 0 Å². The van der Waals surface area contributed by atoms with Gasteiger partial charge in [0.2, 0.25) is 5.75 Å². The summed E-state index contributed by atoms with van der Waals surface area (Å²) in [6.45, 7) is 1.52. The summed E-state index contributed by atoms with van der Waals surface area (Å²) < 4.78 is 15.9. The van der Waals surface area contributed by atoms with Crippen molar-refractivity contribution in [1.82, 2.24) is 4.98 Å². The molecule has 1 heterocycles. The first-order chi connectivity index (χ1) is 9.60. The Morgan fingerprint density at radius 3 is 2.10 bits per heavy atom. The molecule has 0 aliphatic carbocycles. The second kappa shape index (κ2) is 5.92. The van der Waals surface area contributed by atoms with E-state index >= 15 is 0 Å². The quantitative estimate of drug-likeness (QED) is 0.793. The van der Waals surface area contributed by atoms with Gasteiger partial charge in [0, 0.05) is 18.7 Å². The van der Waals surface area contributed by atoms with E-state index in [1.54, 1.807) is 27.5 Å². The average Bonchev–Trinajstić information content (AvgIpc) is 2.95. The van der Waals surface area contributed by atoms with Gasteiger partial charge < -0.3 is 14.2 Å². The van der Waals surface area contributed by atoms with Crippen molar-refractivity contribution >= 4 is 17.1 Å². The van der Waals surface area contributed by atoms with Crippen LogP contribution in [0, 0.1) is 0 Å². The monoisotopic (exact) mass is 293 g/mol. The average molecular weight is 293 g/mol. The number of ketones is 1. The van der Waals surface area contributed by atoms with Crippen LogP contribution in [-0.2, 0) is 0 Å². The molecule has 0 radical (unpaired) electrons. The minimum Gasteiger partial charge on any atom is -0.493 e. The molecule has 0 bridgehead atoms. The molecular formula is C14H15NO4S. The van der Waals surface area contributed by atoms with E-state index < -0.39 is 0 Å². The van der Waals surface area contributed by atoms with Crippen LogP contribution in [0.25, 0.3) is 10.6 Å². The fourth-order valence-electron chi connectivity index (χ4n) is 1.77. The maximum atomic E-state index is 11.3. The van der Waals surface area contributed by atoms with Gasteiger partial charge in [0.05, 0.1) is 26.2 Å². The van der Waals surface area contributed by atoms with Gasteiger partial charge in [-0.05, 0) is 12.1 Å². The van der Waals surface area contributed by atoms with Crippen LogP contribution < -0.4 is 14.2 Å². The Labute approximate surface area is 121 Å². The van der Waals surface area contributed by atoms with Crippen LogP contribution in [0.15, 0.2) is 18.3 Å². The van der Waals surface area contributed by atoms with Crippen molar-refractivity contribution in [1.29, 1.82) is 0 Å². The van der Waals surface area contributed by atoms with Crippen molar-refractivity contribution in [2.45, 2.75) is 6.92 Å². The zero-order chi connectivity index (χ0) is 14.7. The summed E-state index contributed by atoms with van der Waals surface area (Å²) in [5, 5.41) is 0.731. The fourth-order valence-corrected chi connectivity index (χ4v) is 2.57. The van der Waals surface area contributed by atoms with Crippen molar-refractivity contribution in [2.75, 3.05) is 21.3 Å². The Hall–Kier alpha value is -2.08. The van der Waals surface area contributed by atoms with E-state index in [1.165, 1.54) is 18.3 Å². The molecule has 0 unspecified atom stereocenters. The molecule has 0 aliphatic rings. The summed E-state index contributed by atoms with van der Waals surface area (Å²) in [5.41, 5.74) is 0.817. The van der Waals surface area contributed by atoms with Crippen LogP contribution in [0.2, 0.25) is 0 Å². The zero-order valence-electron chi connectivity index (χ0n) is 11.7. The SMILES string of the molecule is COc1cc(-c2ncc(C(C)=O)s2)cc(OC)c1OC. The molecule has 2 rings (SSSR count). The number of ether oxygens (including phenoxy) is 3. The number of thiazole rings is 1. The number of rotatable bonds is 5. The van der Waals surface area contributed by atoms with E-state index in [1.807, 2.05) is 12.1 Å². The smallest absolute Gasteiger partial charge is 0.203 e.